The molecule has 1 N–H and O–H groups in total. The SMILES string of the molecule is Cc1cccc(C(=O)Nc2nc(-c3ccc(Cl)c(Cl)c3)cs2)c1. The highest BCUT2D eigenvalue weighted by Crippen LogP contribution is 2.30. The number of carbonyl (C=O) groups is 1. The predicted octanol–water partition coefficient (Wildman–Crippen LogP) is 5.68. The molecule has 116 valence electrons. The van der Waals surface area contributed by atoms with Crippen LogP contribution in [-0.4, -0.2) is 10.9 Å². The van der Waals surface area contributed by atoms with Crippen LogP contribution < -0.4 is 5.32 Å². The number of aryl methyl sites for hydroxylation is 1. The Bertz CT molecular complexity index is 877. The first-order chi connectivity index (χ1) is 11.0. The fourth-order valence-corrected chi connectivity index (χ4v) is 3.09. The monoisotopic (exact) mass is 362 g/mol. The van der Waals surface area contributed by atoms with Crippen LogP contribution in [0.25, 0.3) is 11.3 Å². The lowest BCUT2D eigenvalue weighted by atomic mass is 10.1. The van der Waals surface area contributed by atoms with Crippen molar-refractivity contribution in [3.63, 3.8) is 0 Å². The molecule has 1 heterocycles. The van der Waals surface area contributed by atoms with Crippen molar-refractivity contribution in [2.75, 3.05) is 5.32 Å². The summed E-state index contributed by atoms with van der Waals surface area (Å²) in [7, 11) is 0. The van der Waals surface area contributed by atoms with Crippen LogP contribution in [0.2, 0.25) is 10.0 Å². The summed E-state index contributed by atoms with van der Waals surface area (Å²) in [4.78, 5) is 16.7. The number of halogens is 2. The summed E-state index contributed by atoms with van der Waals surface area (Å²) >= 11 is 13.3. The molecule has 0 unspecified atom stereocenters. The molecule has 0 radical (unpaired) electrons. The van der Waals surface area contributed by atoms with E-state index < -0.39 is 0 Å². The molecule has 0 atom stereocenters. The van der Waals surface area contributed by atoms with Crippen LogP contribution in [0.5, 0.6) is 0 Å². The van der Waals surface area contributed by atoms with E-state index >= 15 is 0 Å². The zero-order chi connectivity index (χ0) is 16.4. The molecular formula is C17H12Cl2N2OS. The van der Waals surface area contributed by atoms with Crippen molar-refractivity contribution in [3.8, 4) is 11.3 Å². The zero-order valence-corrected chi connectivity index (χ0v) is 14.5. The Morgan fingerprint density at radius 2 is 1.96 bits per heavy atom. The molecule has 23 heavy (non-hydrogen) atoms. The first-order valence-corrected chi connectivity index (χ1v) is 8.45. The second kappa shape index (κ2) is 6.71. The molecule has 0 fully saturated rings. The number of benzene rings is 2. The third-order valence-electron chi connectivity index (χ3n) is 3.22. The van der Waals surface area contributed by atoms with E-state index in [2.05, 4.69) is 10.3 Å². The van der Waals surface area contributed by atoms with Crippen molar-refractivity contribution in [2.24, 2.45) is 0 Å². The van der Waals surface area contributed by atoms with Gasteiger partial charge in [-0.1, -0.05) is 47.0 Å². The van der Waals surface area contributed by atoms with Crippen molar-refractivity contribution >= 4 is 45.6 Å². The fourth-order valence-electron chi connectivity index (χ4n) is 2.07. The zero-order valence-electron chi connectivity index (χ0n) is 12.1. The summed E-state index contributed by atoms with van der Waals surface area (Å²) < 4.78 is 0. The Morgan fingerprint density at radius 1 is 1.13 bits per heavy atom. The van der Waals surface area contributed by atoms with Crippen LogP contribution in [0.15, 0.2) is 47.8 Å². The largest absolute Gasteiger partial charge is 0.298 e. The minimum atomic E-state index is -0.177. The van der Waals surface area contributed by atoms with Crippen molar-refractivity contribution in [1.29, 1.82) is 0 Å². The Morgan fingerprint density at radius 3 is 2.70 bits per heavy atom. The van der Waals surface area contributed by atoms with E-state index in [9.17, 15) is 4.79 Å². The first-order valence-electron chi connectivity index (χ1n) is 6.82. The predicted molar refractivity (Wildman–Crippen MR) is 96.7 cm³/mol. The Balaban J connectivity index is 1.79. The van der Waals surface area contributed by atoms with Gasteiger partial charge in [-0.05, 0) is 31.2 Å². The Hall–Kier alpha value is -1.88. The van der Waals surface area contributed by atoms with Gasteiger partial charge in [-0.2, -0.15) is 0 Å². The summed E-state index contributed by atoms with van der Waals surface area (Å²) in [5, 5.41) is 6.19. The molecule has 0 saturated carbocycles. The molecule has 0 spiro atoms. The van der Waals surface area contributed by atoms with E-state index in [0.29, 0.717) is 20.7 Å². The Labute approximate surface area is 147 Å². The molecule has 1 amide bonds. The third-order valence-corrected chi connectivity index (χ3v) is 4.72. The maximum Gasteiger partial charge on any atom is 0.257 e. The van der Waals surface area contributed by atoms with Crippen LogP contribution >= 0.6 is 34.5 Å². The highest BCUT2D eigenvalue weighted by Gasteiger charge is 2.11. The number of aromatic nitrogens is 1. The molecule has 3 rings (SSSR count). The molecule has 3 aromatic rings. The summed E-state index contributed by atoms with van der Waals surface area (Å²) in [6.07, 6.45) is 0. The van der Waals surface area contributed by atoms with E-state index in [4.69, 9.17) is 23.2 Å². The molecule has 3 nitrogen and oxygen atoms in total. The van der Waals surface area contributed by atoms with Gasteiger partial charge in [0, 0.05) is 16.5 Å². The molecule has 0 aliphatic rings. The highest BCUT2D eigenvalue weighted by molar-refractivity contribution is 7.14. The van der Waals surface area contributed by atoms with Gasteiger partial charge in [0.1, 0.15) is 0 Å². The molecule has 2 aromatic carbocycles. The molecule has 1 aromatic heterocycles. The Kier molecular flexibility index (Phi) is 4.66. The maximum absolute atomic E-state index is 12.2. The summed E-state index contributed by atoms with van der Waals surface area (Å²) in [5.74, 6) is -0.177. The number of thiazole rings is 1. The van der Waals surface area contributed by atoms with Gasteiger partial charge in [-0.3, -0.25) is 10.1 Å². The van der Waals surface area contributed by atoms with E-state index in [1.54, 1.807) is 18.2 Å². The second-order valence-corrected chi connectivity index (χ2v) is 6.66. The minimum Gasteiger partial charge on any atom is -0.298 e. The van der Waals surface area contributed by atoms with Gasteiger partial charge in [0.25, 0.3) is 5.91 Å². The van der Waals surface area contributed by atoms with Crippen LogP contribution in [0.1, 0.15) is 15.9 Å². The van der Waals surface area contributed by atoms with E-state index in [-0.39, 0.29) is 5.91 Å². The van der Waals surface area contributed by atoms with E-state index in [0.717, 1.165) is 16.8 Å². The number of nitrogens with one attached hydrogen (secondary N) is 1. The van der Waals surface area contributed by atoms with E-state index in [1.807, 2.05) is 36.6 Å². The molecule has 0 aliphatic heterocycles. The number of hydrogen-bond acceptors (Lipinski definition) is 3. The molecule has 0 saturated heterocycles. The second-order valence-electron chi connectivity index (χ2n) is 4.99. The van der Waals surface area contributed by atoms with Gasteiger partial charge < -0.3 is 0 Å². The first kappa shape index (κ1) is 16.0. The lowest BCUT2D eigenvalue weighted by Crippen LogP contribution is -2.11. The smallest absolute Gasteiger partial charge is 0.257 e. The van der Waals surface area contributed by atoms with Crippen LogP contribution in [0.4, 0.5) is 5.13 Å². The van der Waals surface area contributed by atoms with E-state index in [1.165, 1.54) is 11.3 Å². The van der Waals surface area contributed by atoms with Crippen LogP contribution in [-0.2, 0) is 0 Å². The number of nitrogens with zero attached hydrogens (tertiary/aromatic N) is 1. The lowest BCUT2D eigenvalue weighted by molar-refractivity contribution is 0.102. The number of amides is 1. The normalized spacial score (nSPS) is 10.6. The van der Waals surface area contributed by atoms with Gasteiger partial charge >= 0.3 is 0 Å². The summed E-state index contributed by atoms with van der Waals surface area (Å²) in [6.45, 7) is 1.95. The summed E-state index contributed by atoms with van der Waals surface area (Å²) in [5.41, 5.74) is 3.24. The van der Waals surface area contributed by atoms with Crippen molar-refractivity contribution in [3.05, 3.63) is 69.0 Å². The maximum atomic E-state index is 12.2. The minimum absolute atomic E-state index is 0.177. The lowest BCUT2D eigenvalue weighted by Gasteiger charge is -2.03. The van der Waals surface area contributed by atoms with Crippen molar-refractivity contribution in [2.45, 2.75) is 6.92 Å². The number of anilines is 1. The highest BCUT2D eigenvalue weighted by atomic mass is 35.5. The summed E-state index contributed by atoms with van der Waals surface area (Å²) in [6, 6.07) is 12.7. The fraction of sp³-hybridized carbons (Fsp3) is 0.0588. The van der Waals surface area contributed by atoms with Gasteiger partial charge in [-0.25, -0.2) is 4.98 Å². The third kappa shape index (κ3) is 3.72. The molecule has 0 aliphatic carbocycles. The average molecular weight is 363 g/mol. The van der Waals surface area contributed by atoms with Gasteiger partial charge in [0.15, 0.2) is 5.13 Å². The quantitative estimate of drug-likeness (QED) is 0.651. The number of rotatable bonds is 3. The van der Waals surface area contributed by atoms with Gasteiger partial charge in [0.05, 0.1) is 15.7 Å². The van der Waals surface area contributed by atoms with Gasteiger partial charge in [0.2, 0.25) is 0 Å². The average Bonchev–Trinajstić information content (AvgIpc) is 2.98. The van der Waals surface area contributed by atoms with Crippen molar-refractivity contribution in [1.82, 2.24) is 4.98 Å². The molecule has 0 bridgehead atoms. The van der Waals surface area contributed by atoms with Gasteiger partial charge in [-0.15, -0.1) is 11.3 Å². The molecular weight excluding hydrogens is 351 g/mol. The topological polar surface area (TPSA) is 42.0 Å². The number of hydrogen-bond donors (Lipinski definition) is 1. The number of carbonyl (C=O) groups excluding carboxylic acids is 1. The van der Waals surface area contributed by atoms with Crippen LogP contribution in [0.3, 0.4) is 0 Å². The standard InChI is InChI=1S/C17H12Cl2N2OS/c1-10-3-2-4-12(7-10)16(22)21-17-20-15(9-23-17)11-5-6-13(18)14(19)8-11/h2-9H,1H3,(H,20,21,22). The van der Waals surface area contributed by atoms with Crippen LogP contribution in [0, 0.1) is 6.92 Å². The van der Waals surface area contributed by atoms with Crippen molar-refractivity contribution < 1.29 is 4.79 Å². The molecule has 6 heteroatoms.